The molecule has 1 unspecified atom stereocenters. The van der Waals surface area contributed by atoms with E-state index in [2.05, 4.69) is 6.58 Å². The van der Waals surface area contributed by atoms with E-state index in [1.807, 2.05) is 69.3 Å². The standard InChI is InChI=1S/C29H24ClNO4/c1-5-11-34-21-8-6-7-19(14-21)26-25-27(32)22-12-17(3)18(4)13-24(22)35-28(25)29(33)31(26)20-10-9-16(2)23(30)15-20/h5-10,12-15,26H,1,11H2,2-4H3. The predicted octanol–water partition coefficient (Wildman–Crippen LogP) is 6.69. The molecule has 1 amide bonds. The Bertz CT molecular complexity index is 1570. The van der Waals surface area contributed by atoms with Crippen LogP contribution in [0.25, 0.3) is 11.0 Å². The lowest BCUT2D eigenvalue weighted by Crippen LogP contribution is -2.29. The molecule has 35 heavy (non-hydrogen) atoms. The van der Waals surface area contributed by atoms with Crippen molar-refractivity contribution in [2.24, 2.45) is 0 Å². The van der Waals surface area contributed by atoms with Crippen LogP contribution in [-0.4, -0.2) is 12.5 Å². The SMILES string of the molecule is C=CCOc1cccc(C2c3c(oc4cc(C)c(C)cc4c3=O)C(=O)N2c2ccc(C)c(Cl)c2)c1. The smallest absolute Gasteiger partial charge is 0.295 e. The molecule has 0 saturated heterocycles. The molecule has 0 fully saturated rings. The van der Waals surface area contributed by atoms with Crippen LogP contribution in [0.2, 0.25) is 5.02 Å². The highest BCUT2D eigenvalue weighted by Crippen LogP contribution is 2.42. The van der Waals surface area contributed by atoms with E-state index >= 15 is 0 Å². The van der Waals surface area contributed by atoms with Gasteiger partial charge in [0.05, 0.1) is 17.0 Å². The lowest BCUT2D eigenvalue weighted by atomic mass is 9.97. The highest BCUT2D eigenvalue weighted by atomic mass is 35.5. The lowest BCUT2D eigenvalue weighted by Gasteiger charge is -2.26. The van der Waals surface area contributed by atoms with Crippen molar-refractivity contribution in [3.05, 3.63) is 116 Å². The molecule has 0 aliphatic carbocycles. The fourth-order valence-corrected chi connectivity index (χ4v) is 4.65. The normalized spacial score (nSPS) is 14.9. The third kappa shape index (κ3) is 3.82. The van der Waals surface area contributed by atoms with Gasteiger partial charge in [-0.2, -0.15) is 0 Å². The summed E-state index contributed by atoms with van der Waals surface area (Å²) in [5, 5.41) is 0.983. The Balaban J connectivity index is 1.78. The first-order valence-electron chi connectivity index (χ1n) is 11.3. The van der Waals surface area contributed by atoms with E-state index in [9.17, 15) is 9.59 Å². The number of fused-ring (bicyclic) bond motifs is 2. The predicted molar refractivity (Wildman–Crippen MR) is 139 cm³/mol. The maximum Gasteiger partial charge on any atom is 0.295 e. The molecule has 0 spiro atoms. The van der Waals surface area contributed by atoms with Crippen LogP contribution in [0.1, 0.15) is 44.4 Å². The minimum absolute atomic E-state index is 0.0462. The van der Waals surface area contributed by atoms with Crippen molar-refractivity contribution < 1.29 is 13.9 Å². The third-order valence-electron chi connectivity index (χ3n) is 6.46. The van der Waals surface area contributed by atoms with Crippen LogP contribution < -0.4 is 15.1 Å². The topological polar surface area (TPSA) is 59.8 Å². The minimum atomic E-state index is -0.703. The van der Waals surface area contributed by atoms with Gasteiger partial charge in [0.1, 0.15) is 17.9 Å². The fourth-order valence-electron chi connectivity index (χ4n) is 4.47. The molecule has 1 aliphatic heterocycles. The van der Waals surface area contributed by atoms with Crippen LogP contribution in [0.15, 0.2) is 76.5 Å². The monoisotopic (exact) mass is 485 g/mol. The maximum absolute atomic E-state index is 13.9. The summed E-state index contributed by atoms with van der Waals surface area (Å²) in [5.74, 6) is 0.270. The summed E-state index contributed by atoms with van der Waals surface area (Å²) in [6.45, 7) is 9.82. The van der Waals surface area contributed by atoms with Gasteiger partial charge in [0.2, 0.25) is 5.76 Å². The first-order valence-corrected chi connectivity index (χ1v) is 11.7. The Hall–Kier alpha value is -3.83. The second-order valence-corrected chi connectivity index (χ2v) is 9.20. The summed E-state index contributed by atoms with van der Waals surface area (Å²) in [4.78, 5) is 29.2. The van der Waals surface area contributed by atoms with Crippen molar-refractivity contribution in [3.8, 4) is 5.75 Å². The summed E-state index contributed by atoms with van der Waals surface area (Å²) in [5.41, 5.74) is 4.65. The van der Waals surface area contributed by atoms with E-state index in [0.29, 0.717) is 39.6 Å². The van der Waals surface area contributed by atoms with Gasteiger partial charge < -0.3 is 9.15 Å². The highest BCUT2D eigenvalue weighted by molar-refractivity contribution is 6.31. The first-order chi connectivity index (χ1) is 16.8. The maximum atomic E-state index is 13.9. The summed E-state index contributed by atoms with van der Waals surface area (Å²) in [6.07, 6.45) is 1.66. The highest BCUT2D eigenvalue weighted by Gasteiger charge is 2.44. The number of benzene rings is 3. The molecular weight excluding hydrogens is 462 g/mol. The van der Waals surface area contributed by atoms with Crippen LogP contribution >= 0.6 is 11.6 Å². The van der Waals surface area contributed by atoms with E-state index < -0.39 is 6.04 Å². The molecule has 4 aromatic rings. The number of carbonyl (C=O) groups is 1. The van der Waals surface area contributed by atoms with E-state index in [-0.39, 0.29) is 17.1 Å². The van der Waals surface area contributed by atoms with Crippen LogP contribution in [0, 0.1) is 20.8 Å². The van der Waals surface area contributed by atoms with Crippen LogP contribution in [0.3, 0.4) is 0 Å². The minimum Gasteiger partial charge on any atom is -0.490 e. The van der Waals surface area contributed by atoms with Crippen molar-refractivity contribution in [2.45, 2.75) is 26.8 Å². The molecule has 3 aromatic carbocycles. The molecule has 6 heteroatoms. The van der Waals surface area contributed by atoms with Gasteiger partial charge in [-0.1, -0.05) is 42.5 Å². The number of ether oxygens (including phenoxy) is 1. The number of amides is 1. The largest absolute Gasteiger partial charge is 0.490 e. The average molecular weight is 486 g/mol. The third-order valence-corrected chi connectivity index (χ3v) is 6.87. The van der Waals surface area contributed by atoms with Crippen molar-refractivity contribution in [3.63, 3.8) is 0 Å². The molecule has 0 saturated carbocycles. The molecule has 2 heterocycles. The molecule has 176 valence electrons. The molecule has 1 atom stereocenters. The molecule has 0 bridgehead atoms. The van der Waals surface area contributed by atoms with Gasteiger partial charge in [-0.3, -0.25) is 14.5 Å². The van der Waals surface area contributed by atoms with Crippen LogP contribution in [-0.2, 0) is 0 Å². The van der Waals surface area contributed by atoms with Gasteiger partial charge in [-0.25, -0.2) is 0 Å². The van der Waals surface area contributed by atoms with Crippen molar-refractivity contribution in [1.82, 2.24) is 0 Å². The van der Waals surface area contributed by atoms with Crippen LogP contribution in [0.5, 0.6) is 5.75 Å². The Morgan fingerprint density at radius 3 is 2.54 bits per heavy atom. The van der Waals surface area contributed by atoms with E-state index in [0.717, 1.165) is 22.3 Å². The summed E-state index contributed by atoms with van der Waals surface area (Å²) in [6, 6.07) is 15.7. The van der Waals surface area contributed by atoms with E-state index in [4.69, 9.17) is 20.8 Å². The summed E-state index contributed by atoms with van der Waals surface area (Å²) in [7, 11) is 0. The summed E-state index contributed by atoms with van der Waals surface area (Å²) >= 11 is 6.43. The fraction of sp³-hybridized carbons (Fsp3) is 0.172. The number of carbonyl (C=O) groups excluding carboxylic acids is 1. The van der Waals surface area contributed by atoms with Gasteiger partial charge >= 0.3 is 0 Å². The first kappa shape index (κ1) is 22.9. The van der Waals surface area contributed by atoms with Crippen molar-refractivity contribution >= 4 is 34.2 Å². The van der Waals surface area contributed by atoms with E-state index in [1.165, 1.54) is 0 Å². The quantitative estimate of drug-likeness (QED) is 0.295. The Morgan fingerprint density at radius 1 is 1.03 bits per heavy atom. The van der Waals surface area contributed by atoms with Gasteiger partial charge in [0, 0.05) is 10.7 Å². The number of rotatable bonds is 5. The lowest BCUT2D eigenvalue weighted by molar-refractivity contribution is 0.0971. The Morgan fingerprint density at radius 2 is 1.80 bits per heavy atom. The Kier molecular flexibility index (Phi) is 5.73. The molecular formula is C29H24ClNO4. The average Bonchev–Trinajstić information content (AvgIpc) is 3.13. The molecule has 1 aliphatic rings. The number of aryl methyl sites for hydroxylation is 3. The molecule has 5 nitrogen and oxygen atoms in total. The number of hydrogen-bond acceptors (Lipinski definition) is 4. The van der Waals surface area contributed by atoms with Gasteiger partial charge in [0.25, 0.3) is 5.91 Å². The van der Waals surface area contributed by atoms with Gasteiger partial charge in [-0.15, -0.1) is 0 Å². The second-order valence-electron chi connectivity index (χ2n) is 8.79. The van der Waals surface area contributed by atoms with Crippen molar-refractivity contribution in [2.75, 3.05) is 11.5 Å². The molecule has 0 radical (unpaired) electrons. The summed E-state index contributed by atoms with van der Waals surface area (Å²) < 4.78 is 11.8. The van der Waals surface area contributed by atoms with Crippen molar-refractivity contribution in [1.29, 1.82) is 0 Å². The number of anilines is 1. The van der Waals surface area contributed by atoms with Gasteiger partial charge in [0.15, 0.2) is 5.43 Å². The molecule has 5 rings (SSSR count). The van der Waals surface area contributed by atoms with Gasteiger partial charge in [-0.05, 0) is 79.4 Å². The molecule has 1 aromatic heterocycles. The second kappa shape index (κ2) is 8.75. The Labute approximate surface area is 208 Å². The molecule has 0 N–H and O–H groups in total. The van der Waals surface area contributed by atoms with Crippen LogP contribution in [0.4, 0.5) is 5.69 Å². The number of hydrogen-bond donors (Lipinski definition) is 0. The number of nitrogens with zero attached hydrogens (tertiary/aromatic N) is 1. The zero-order chi connectivity index (χ0) is 24.9. The zero-order valence-electron chi connectivity index (χ0n) is 19.7. The van der Waals surface area contributed by atoms with E-state index in [1.54, 1.807) is 17.0 Å². The zero-order valence-corrected chi connectivity index (χ0v) is 20.5. The number of halogens is 1.